The van der Waals surface area contributed by atoms with Gasteiger partial charge in [0.25, 0.3) is 0 Å². The number of hydrogen-bond acceptors (Lipinski definition) is 19. The van der Waals surface area contributed by atoms with Crippen molar-refractivity contribution in [3.8, 4) is 0 Å². The number of amides is 2. The Labute approximate surface area is 372 Å². The summed E-state index contributed by atoms with van der Waals surface area (Å²) >= 11 is 1.09. The molecule has 1 aliphatic heterocycles. The first kappa shape index (κ1) is 53.6. The molecule has 29 heteroatoms. The summed E-state index contributed by atoms with van der Waals surface area (Å²) in [6.45, 7) is 2.49. The Kier molecular flexibility index (Phi) is 19.8. The molecule has 0 spiro atoms. The van der Waals surface area contributed by atoms with Gasteiger partial charge in [-0.25, -0.2) is 28.6 Å². The lowest BCUT2D eigenvalue weighted by molar-refractivity contribution is -0.137. The van der Waals surface area contributed by atoms with E-state index in [-0.39, 0.29) is 53.4 Å². The Morgan fingerprint density at radius 3 is 2.48 bits per heavy atom. The topological polar surface area (TPSA) is 381 Å². The number of phosphoric acid groups is 3. The fraction of sp³-hybridized carbons (Fsp3) is 0.686. The van der Waals surface area contributed by atoms with Crippen LogP contribution in [-0.4, -0.2) is 128 Å². The maximum absolute atomic E-state index is 12.7. The Bertz CT molecular complexity index is 2120. The number of carbonyl (C=O) groups is 4. The van der Waals surface area contributed by atoms with E-state index in [1.165, 1.54) is 13.8 Å². The highest BCUT2D eigenvalue weighted by atomic mass is 32.2. The number of nitrogens with one attached hydrogen (secondary N) is 2. The van der Waals surface area contributed by atoms with Crippen molar-refractivity contribution < 1.29 is 85.3 Å². The van der Waals surface area contributed by atoms with Crippen LogP contribution in [0.4, 0.5) is 5.82 Å². The number of nitrogens with zero attached hydrogens (tertiary/aromatic N) is 4. The standard InChI is InChI=1S/C35H56N7O18P3S/c1-4-5-6-9-22-21(11-12-23(22)43)8-7-10-26(45)64-16-15-37-25(44)13-14-38-33(48)30(47)35(2,3)18-57-63(54,55)60-62(52,53)56-17-24-29(59-61(49,50)51)28(46)34(58-24)42-20-41-27-31(36)39-19-40-32(27)42/h5-6,19-22,24,28-30,34,46-47H,4,7-18H2,1-3H3,(H,37,44)(H,38,48)(H,52,53)(H,54,55)(H2,36,39,40)(H2,49,50,51)/t21?,22-,24+,28?,29-,30-,34+/m0/s1. The maximum Gasteiger partial charge on any atom is 0.481 e. The van der Waals surface area contributed by atoms with Crippen molar-refractivity contribution in [1.82, 2.24) is 30.2 Å². The van der Waals surface area contributed by atoms with Crippen LogP contribution in [0.15, 0.2) is 24.8 Å². The number of ether oxygens (including phenoxy) is 1. The number of hydrogen-bond donors (Lipinski definition) is 9. The SMILES string of the molecule is CCC=CC[C@@H]1C(=O)CCC1CCCC(=O)SCCNC(=O)CCNC(=O)[C@H](O)C(C)(C)COP(=O)(O)OP(=O)(O)OC[C@H]1O[C@@H](n2cnc3c(N)ncnc32)C(O)[C@H]1OP(=O)(O)O. The maximum atomic E-state index is 12.7. The van der Waals surface area contributed by atoms with Gasteiger partial charge in [-0.05, 0) is 38.0 Å². The van der Waals surface area contributed by atoms with Gasteiger partial charge in [0, 0.05) is 49.4 Å². The first-order chi connectivity index (χ1) is 29.9. The Hall–Kier alpha value is -3.03. The second-order valence-corrected chi connectivity index (χ2v) is 21.1. The smallest absolute Gasteiger partial charge is 0.386 e. The van der Waals surface area contributed by atoms with Gasteiger partial charge in [-0.1, -0.05) is 44.7 Å². The molecular weight excluding hydrogens is 931 g/mol. The number of thioether (sulfide) groups is 1. The van der Waals surface area contributed by atoms with Gasteiger partial charge >= 0.3 is 23.5 Å². The molecule has 2 aromatic rings. The number of nitrogen functional groups attached to an aromatic ring is 1. The summed E-state index contributed by atoms with van der Waals surface area (Å²) < 4.78 is 62.3. The lowest BCUT2D eigenvalue weighted by Gasteiger charge is -2.30. The van der Waals surface area contributed by atoms with E-state index in [0.717, 1.165) is 54.7 Å². The van der Waals surface area contributed by atoms with E-state index in [1.54, 1.807) is 0 Å². The van der Waals surface area contributed by atoms with Gasteiger partial charge in [0.2, 0.25) is 11.8 Å². The molecule has 1 saturated carbocycles. The van der Waals surface area contributed by atoms with E-state index in [2.05, 4.69) is 46.6 Å². The molecule has 1 saturated heterocycles. The van der Waals surface area contributed by atoms with Crippen molar-refractivity contribution in [3.63, 3.8) is 0 Å². The van der Waals surface area contributed by atoms with Crippen LogP contribution in [0.5, 0.6) is 0 Å². The Morgan fingerprint density at radius 2 is 1.78 bits per heavy atom. The fourth-order valence-corrected chi connectivity index (χ4v) is 10.5. The van der Waals surface area contributed by atoms with Crippen molar-refractivity contribution in [3.05, 3.63) is 24.8 Å². The molecule has 3 heterocycles. The van der Waals surface area contributed by atoms with Crippen molar-refractivity contribution in [2.24, 2.45) is 17.3 Å². The van der Waals surface area contributed by atoms with Crippen LogP contribution in [0.25, 0.3) is 11.2 Å². The highest BCUT2D eigenvalue weighted by Crippen LogP contribution is 2.61. The first-order valence-electron chi connectivity index (χ1n) is 20.2. The molecule has 25 nitrogen and oxygen atoms in total. The second kappa shape index (κ2) is 23.6. The van der Waals surface area contributed by atoms with E-state index >= 15 is 0 Å². The van der Waals surface area contributed by atoms with E-state index in [0.29, 0.717) is 30.8 Å². The van der Waals surface area contributed by atoms with E-state index in [9.17, 15) is 62.7 Å². The number of phosphoric ester groups is 3. The summed E-state index contributed by atoms with van der Waals surface area (Å²) in [7, 11) is -16.4. The number of Topliss-reactive ketones (excluding diaryl/α,β-unsaturated/α-hetero) is 1. The van der Waals surface area contributed by atoms with Gasteiger partial charge in [-0.15, -0.1) is 0 Å². The number of aromatic nitrogens is 4. The summed E-state index contributed by atoms with van der Waals surface area (Å²) in [5.41, 5.74) is 4.25. The van der Waals surface area contributed by atoms with Crippen LogP contribution in [0, 0.1) is 17.3 Å². The van der Waals surface area contributed by atoms with Crippen molar-refractivity contribution >= 4 is 74.9 Å². The molecule has 2 aromatic heterocycles. The summed E-state index contributed by atoms with van der Waals surface area (Å²) in [5, 5.41) is 26.5. The summed E-state index contributed by atoms with van der Waals surface area (Å²) in [6.07, 6.45) is 2.09. The molecule has 0 aromatic carbocycles. The summed E-state index contributed by atoms with van der Waals surface area (Å²) in [6, 6.07) is 0. The molecular formula is C35H56N7O18P3S. The molecule has 9 atom stereocenters. The number of imidazole rings is 1. The number of nitrogens with two attached hydrogens (primary N) is 1. The molecule has 2 fully saturated rings. The van der Waals surface area contributed by atoms with Gasteiger partial charge in [0.15, 0.2) is 22.8 Å². The third-order valence-electron chi connectivity index (χ3n) is 10.3. The molecule has 64 heavy (non-hydrogen) atoms. The number of rotatable bonds is 26. The Morgan fingerprint density at radius 1 is 1.06 bits per heavy atom. The van der Waals surface area contributed by atoms with Crippen LogP contribution in [-0.2, 0) is 55.5 Å². The monoisotopic (exact) mass is 987 g/mol. The molecule has 10 N–H and O–H groups in total. The molecule has 4 rings (SSSR count). The van der Waals surface area contributed by atoms with E-state index < -0.39 is 84.6 Å². The van der Waals surface area contributed by atoms with E-state index in [4.69, 9.17) is 19.5 Å². The molecule has 1 aliphatic carbocycles. The lowest BCUT2D eigenvalue weighted by atomic mass is 9.87. The fourth-order valence-electron chi connectivity index (χ4n) is 6.93. The normalized spacial score (nSPS) is 24.2. The number of ketones is 1. The minimum Gasteiger partial charge on any atom is -0.386 e. The summed E-state index contributed by atoms with van der Waals surface area (Å²) in [4.78, 5) is 101. The van der Waals surface area contributed by atoms with Crippen LogP contribution in [0.3, 0.4) is 0 Å². The number of fused-ring (bicyclic) bond motifs is 1. The number of aliphatic hydroxyl groups is 2. The van der Waals surface area contributed by atoms with E-state index in [1.807, 2.05) is 6.92 Å². The predicted molar refractivity (Wildman–Crippen MR) is 226 cm³/mol. The predicted octanol–water partition coefficient (Wildman–Crippen LogP) is 1.79. The van der Waals surface area contributed by atoms with Crippen LogP contribution in [0.1, 0.15) is 78.4 Å². The van der Waals surface area contributed by atoms with Gasteiger partial charge in [-0.3, -0.25) is 37.3 Å². The molecule has 2 aliphatic rings. The number of carbonyl (C=O) groups excluding carboxylic acids is 4. The Balaban J connectivity index is 1.15. The molecule has 2 amide bonds. The van der Waals surface area contributed by atoms with Crippen molar-refractivity contribution in [1.29, 1.82) is 0 Å². The van der Waals surface area contributed by atoms with Crippen molar-refractivity contribution in [2.75, 3.05) is 37.8 Å². The minimum absolute atomic E-state index is 0.0158. The van der Waals surface area contributed by atoms with Crippen LogP contribution < -0.4 is 16.4 Å². The molecule has 0 bridgehead atoms. The third kappa shape index (κ3) is 16.1. The van der Waals surface area contributed by atoms with Crippen LogP contribution in [0.2, 0.25) is 0 Å². The zero-order valence-corrected chi connectivity index (χ0v) is 38.7. The third-order valence-corrected chi connectivity index (χ3v) is 14.3. The summed E-state index contributed by atoms with van der Waals surface area (Å²) in [5.74, 6) is -0.541. The number of anilines is 1. The molecule has 360 valence electrons. The highest BCUT2D eigenvalue weighted by molar-refractivity contribution is 8.13. The van der Waals surface area contributed by atoms with Crippen LogP contribution >= 0.6 is 35.2 Å². The lowest BCUT2D eigenvalue weighted by Crippen LogP contribution is -2.46. The van der Waals surface area contributed by atoms with Gasteiger partial charge < -0.3 is 50.9 Å². The molecule has 0 radical (unpaired) electrons. The van der Waals surface area contributed by atoms with Crippen molar-refractivity contribution in [2.45, 2.75) is 103 Å². The minimum atomic E-state index is -5.58. The first-order valence-corrected chi connectivity index (χ1v) is 25.7. The quantitative estimate of drug-likeness (QED) is 0.0368. The zero-order chi connectivity index (χ0) is 47.5. The van der Waals surface area contributed by atoms with Gasteiger partial charge in [0.05, 0.1) is 19.5 Å². The largest absolute Gasteiger partial charge is 0.481 e. The average molecular weight is 988 g/mol. The molecule has 4 unspecified atom stereocenters. The second-order valence-electron chi connectivity index (χ2n) is 15.7. The zero-order valence-electron chi connectivity index (χ0n) is 35.2. The van der Waals surface area contributed by atoms with Gasteiger partial charge in [-0.2, -0.15) is 4.31 Å². The average Bonchev–Trinajstić information content (AvgIpc) is 3.89. The number of allylic oxidation sites excluding steroid dienone is 2. The highest BCUT2D eigenvalue weighted by Gasteiger charge is 2.50. The van der Waals surface area contributed by atoms with Gasteiger partial charge in [0.1, 0.15) is 42.0 Å². The number of aliphatic hydroxyl groups excluding tert-OH is 2.